The van der Waals surface area contributed by atoms with E-state index in [1.165, 1.54) is 0 Å². The van der Waals surface area contributed by atoms with Crippen molar-refractivity contribution in [3.63, 3.8) is 0 Å². The molecule has 32 heteroatoms. The lowest BCUT2D eigenvalue weighted by molar-refractivity contribution is -0.168. The number of hydrogen-bond acceptors (Lipinski definition) is 32. The number of unbranched alkanes of at least 4 members (excludes halogenated alkanes) is 4. The highest BCUT2D eigenvalue weighted by atomic mass is 32.2. The Morgan fingerprint density at radius 1 is 0.307 bits per heavy atom. The average molecular weight is 1510 g/mol. The van der Waals surface area contributed by atoms with Crippen LogP contribution in [-0.4, -0.2) is 248 Å². The fourth-order valence-electron chi connectivity index (χ4n) is 8.87. The molecule has 8 atom stereocenters. The van der Waals surface area contributed by atoms with E-state index < -0.39 is 148 Å². The average Bonchev–Trinajstić information content (AvgIpc) is 1.73. The van der Waals surface area contributed by atoms with Gasteiger partial charge in [0.1, 0.15) is 82.7 Å². The van der Waals surface area contributed by atoms with Crippen molar-refractivity contribution in [2.24, 2.45) is 27.1 Å². The molecule has 8 unspecified atom stereocenters. The summed E-state index contributed by atoms with van der Waals surface area (Å²) in [5.74, 6) is -9.74. The molecule has 4 fully saturated rings. The van der Waals surface area contributed by atoms with Gasteiger partial charge in [-0.2, -0.15) is 0 Å². The molecule has 0 aromatic rings. The number of carbonyl (C=O) groups is 12. The summed E-state index contributed by atoms with van der Waals surface area (Å²) in [6, 6.07) is 0. The number of epoxide rings is 4. The Morgan fingerprint density at radius 2 is 0.505 bits per heavy atom. The summed E-state index contributed by atoms with van der Waals surface area (Å²) in [7, 11) is 0. The van der Waals surface area contributed by atoms with E-state index in [-0.39, 0.29) is 152 Å². The van der Waals surface area contributed by atoms with Crippen LogP contribution < -0.4 is 0 Å². The van der Waals surface area contributed by atoms with Crippen LogP contribution in [0.2, 0.25) is 0 Å². The quantitative estimate of drug-likeness (QED) is 0.0248. The van der Waals surface area contributed by atoms with Crippen LogP contribution in [-0.2, 0) is 133 Å². The molecule has 0 saturated carbocycles. The molecule has 4 aliphatic heterocycles. The lowest BCUT2D eigenvalue weighted by Gasteiger charge is -2.32. The van der Waals surface area contributed by atoms with Gasteiger partial charge >= 0.3 is 71.6 Å². The van der Waals surface area contributed by atoms with Gasteiger partial charge < -0.3 is 75.8 Å². The van der Waals surface area contributed by atoms with Crippen LogP contribution >= 0.6 is 47.0 Å². The summed E-state index contributed by atoms with van der Waals surface area (Å²) >= 11 is 3.98. The molecule has 0 aliphatic carbocycles. The number of thioether (sulfide) groups is 4. The number of hydrogen-bond donors (Lipinski definition) is 0. The molecule has 101 heavy (non-hydrogen) atoms. The second-order valence-electron chi connectivity index (χ2n) is 26.9. The van der Waals surface area contributed by atoms with E-state index >= 15 is 0 Å². The normalized spacial score (nSPS) is 19.2. The number of rotatable bonds is 60. The van der Waals surface area contributed by atoms with Gasteiger partial charge in [0, 0.05) is 48.7 Å². The molecular formula is C69H108O28S4. The van der Waals surface area contributed by atoms with E-state index in [0.29, 0.717) is 52.1 Å². The first-order chi connectivity index (χ1) is 48.2. The standard InChI is InChI=1S/C69H108O28S4/c1-9-13-25-82-53(70)17-21-65(5,61(78)90-33-49-29-86-49)45-98-37-57(74)94-41-69(42-95-58(75)38-99-46-66(6,62(79)91-34-50-30-87-50)22-18-54(71)83-26-14-10-2,43-96-59(76)39-100-47-67(7,63(80)92-35-51-31-88-51)23-19-55(72)84-27-15-11-3)44-97-60(77)40-101-48-68(8,64(81)93-36-52-32-89-52)24-20-56(73)85-28-16-12-4/h49-52H,9-48H2,1-8H3. The van der Waals surface area contributed by atoms with Crippen molar-refractivity contribution in [1.29, 1.82) is 0 Å². The molecule has 0 aromatic carbocycles. The van der Waals surface area contributed by atoms with Crippen LogP contribution in [0.25, 0.3) is 0 Å². The first-order valence-electron chi connectivity index (χ1n) is 34.9. The summed E-state index contributed by atoms with van der Waals surface area (Å²) in [5.41, 5.74) is -7.07. The van der Waals surface area contributed by atoms with Crippen molar-refractivity contribution in [3.8, 4) is 0 Å². The maximum Gasteiger partial charge on any atom is 0.315 e. The van der Waals surface area contributed by atoms with Crippen LogP contribution in [0, 0.1) is 27.1 Å². The molecule has 0 N–H and O–H groups in total. The van der Waals surface area contributed by atoms with Crippen LogP contribution in [0.15, 0.2) is 0 Å². The van der Waals surface area contributed by atoms with E-state index in [9.17, 15) is 57.5 Å². The van der Waals surface area contributed by atoms with Crippen molar-refractivity contribution < 1.29 is 133 Å². The molecular weight excluding hydrogens is 1400 g/mol. The third-order valence-electron chi connectivity index (χ3n) is 16.5. The summed E-state index contributed by atoms with van der Waals surface area (Å²) in [6.07, 6.45) is 4.33. The van der Waals surface area contributed by atoms with Gasteiger partial charge in [-0.15, -0.1) is 47.0 Å². The van der Waals surface area contributed by atoms with E-state index in [2.05, 4.69) is 0 Å². The molecule has 4 saturated heterocycles. The number of esters is 12. The molecule has 0 spiro atoms. The Hall–Kier alpha value is -5.12. The molecule has 28 nitrogen and oxygen atoms in total. The third-order valence-corrected chi connectivity index (χ3v) is 21.6. The molecule has 0 aromatic heterocycles. The molecule has 4 heterocycles. The van der Waals surface area contributed by atoms with Crippen LogP contribution in [0.5, 0.6) is 0 Å². The Balaban J connectivity index is 1.63. The van der Waals surface area contributed by atoms with Gasteiger partial charge in [-0.05, 0) is 79.1 Å². The minimum absolute atomic E-state index is 0.00857. The maximum absolute atomic E-state index is 14.0. The minimum Gasteiger partial charge on any atom is -0.466 e. The monoisotopic (exact) mass is 1510 g/mol. The first-order valence-corrected chi connectivity index (χ1v) is 39.6. The van der Waals surface area contributed by atoms with Gasteiger partial charge in [0.25, 0.3) is 0 Å². The fraction of sp³-hybridized carbons (Fsp3) is 0.826. The SMILES string of the molecule is CCCCOC(=O)CCC(C)(CSCC(=O)OCC(COC(=O)CSCC(C)(CCC(=O)OCCCC)C(=O)OCC1CO1)(COC(=O)CSCC(C)(CCC(=O)OCCCC)C(=O)OCC1CO1)COC(=O)CSCC(C)(CCC(=O)OCCCC)C(=O)OCC1CO1)C(=O)OCC1CO1. The van der Waals surface area contributed by atoms with Gasteiger partial charge in [-0.3, -0.25) is 57.5 Å². The van der Waals surface area contributed by atoms with Crippen LogP contribution in [0.4, 0.5) is 0 Å². The van der Waals surface area contributed by atoms with E-state index in [1.807, 2.05) is 27.7 Å². The molecule has 0 amide bonds. The predicted molar refractivity (Wildman–Crippen MR) is 371 cm³/mol. The highest BCUT2D eigenvalue weighted by molar-refractivity contribution is 8.00. The van der Waals surface area contributed by atoms with E-state index in [1.54, 1.807) is 27.7 Å². The summed E-state index contributed by atoms with van der Waals surface area (Å²) in [6.45, 7) is 13.8. The van der Waals surface area contributed by atoms with Gasteiger partial charge in [0.05, 0.1) is 97.5 Å². The van der Waals surface area contributed by atoms with Gasteiger partial charge in [-0.25, -0.2) is 0 Å². The molecule has 576 valence electrons. The summed E-state index contributed by atoms with van der Waals surface area (Å²) in [4.78, 5) is 162. The van der Waals surface area contributed by atoms with Crippen molar-refractivity contribution >= 4 is 119 Å². The Kier molecular flexibility index (Phi) is 41.4. The Labute approximate surface area is 610 Å². The lowest BCUT2D eigenvalue weighted by Crippen LogP contribution is -2.44. The molecule has 4 rings (SSSR count). The zero-order valence-electron chi connectivity index (χ0n) is 60.2. The highest BCUT2D eigenvalue weighted by Crippen LogP contribution is 2.36. The smallest absolute Gasteiger partial charge is 0.315 e. The van der Waals surface area contributed by atoms with Crippen molar-refractivity contribution in [3.05, 3.63) is 0 Å². The van der Waals surface area contributed by atoms with Gasteiger partial charge in [0.2, 0.25) is 0 Å². The topological polar surface area (TPSA) is 366 Å². The van der Waals surface area contributed by atoms with Crippen LogP contribution in [0.3, 0.4) is 0 Å². The van der Waals surface area contributed by atoms with Crippen molar-refractivity contribution in [2.45, 2.75) is 183 Å². The Morgan fingerprint density at radius 3 is 0.683 bits per heavy atom. The molecule has 0 radical (unpaired) electrons. The largest absolute Gasteiger partial charge is 0.466 e. The highest BCUT2D eigenvalue weighted by Gasteiger charge is 2.44. The summed E-state index contributed by atoms with van der Waals surface area (Å²) in [5, 5.41) is 0. The second-order valence-corrected chi connectivity index (χ2v) is 30.8. The van der Waals surface area contributed by atoms with E-state index in [0.717, 1.165) is 72.7 Å². The minimum atomic E-state index is -1.88. The van der Waals surface area contributed by atoms with Crippen molar-refractivity contribution in [1.82, 2.24) is 0 Å². The van der Waals surface area contributed by atoms with E-state index in [4.69, 9.17) is 75.8 Å². The third kappa shape index (κ3) is 37.9. The zero-order chi connectivity index (χ0) is 74.2. The van der Waals surface area contributed by atoms with Crippen molar-refractivity contribution in [2.75, 3.05) is 152 Å². The Bertz CT molecular complexity index is 2280. The van der Waals surface area contributed by atoms with Gasteiger partial charge in [-0.1, -0.05) is 53.4 Å². The maximum atomic E-state index is 14.0. The zero-order valence-corrected chi connectivity index (χ0v) is 63.4. The number of ether oxygens (including phenoxy) is 16. The number of carbonyl (C=O) groups excluding carboxylic acids is 12. The molecule has 0 bridgehead atoms. The molecule has 4 aliphatic rings. The summed E-state index contributed by atoms with van der Waals surface area (Å²) < 4.78 is 88.1. The predicted octanol–water partition coefficient (Wildman–Crippen LogP) is 7.37. The first kappa shape index (κ1) is 88.3. The lowest BCUT2D eigenvalue weighted by atomic mass is 9.87. The fourth-order valence-corrected chi connectivity index (χ4v) is 13.1. The second kappa shape index (κ2) is 47.4. The van der Waals surface area contributed by atoms with Gasteiger partial charge in [0.15, 0.2) is 0 Å². The van der Waals surface area contributed by atoms with Crippen LogP contribution in [0.1, 0.15) is 158 Å².